The summed E-state index contributed by atoms with van der Waals surface area (Å²) in [6, 6.07) is 8.98. The fraction of sp³-hybridized carbons (Fsp3) is 0.571. The van der Waals surface area contributed by atoms with Crippen LogP contribution >= 0.6 is 0 Å². The van der Waals surface area contributed by atoms with E-state index in [1.807, 2.05) is 0 Å². The lowest BCUT2D eigenvalue weighted by Gasteiger charge is -2.05. The third kappa shape index (κ3) is 1.69. The molecule has 15 heavy (non-hydrogen) atoms. The largest absolute Gasteiger partial charge is 0.330 e. The first-order valence-corrected chi connectivity index (χ1v) is 5.90. The fourth-order valence-corrected chi connectivity index (χ4v) is 2.85. The average Bonchev–Trinajstić information content (AvgIpc) is 2.80. The van der Waals surface area contributed by atoms with Gasteiger partial charge in [-0.05, 0) is 41.3 Å². The van der Waals surface area contributed by atoms with E-state index in [4.69, 9.17) is 5.73 Å². The Balaban J connectivity index is 2.24. The minimum absolute atomic E-state index is 0.404. The van der Waals surface area contributed by atoms with Gasteiger partial charge in [-0.2, -0.15) is 0 Å². The first-order valence-electron chi connectivity index (χ1n) is 5.90. The van der Waals surface area contributed by atoms with Crippen molar-refractivity contribution in [1.29, 1.82) is 0 Å². The molecule has 0 bridgehead atoms. The first kappa shape index (κ1) is 10.7. The van der Waals surface area contributed by atoms with Crippen LogP contribution in [0.2, 0.25) is 0 Å². The molecule has 1 heteroatoms. The van der Waals surface area contributed by atoms with Crippen LogP contribution in [0.25, 0.3) is 0 Å². The van der Waals surface area contributed by atoms with Gasteiger partial charge in [0.15, 0.2) is 0 Å². The predicted molar refractivity (Wildman–Crippen MR) is 64.9 cm³/mol. The van der Waals surface area contributed by atoms with Gasteiger partial charge in [0.2, 0.25) is 0 Å². The summed E-state index contributed by atoms with van der Waals surface area (Å²) in [6.07, 6.45) is 1.12. The van der Waals surface area contributed by atoms with Crippen LogP contribution < -0.4 is 5.73 Å². The number of rotatable bonds is 3. The molecule has 2 atom stereocenters. The van der Waals surface area contributed by atoms with Crippen molar-refractivity contribution in [3.05, 3.63) is 35.4 Å². The van der Waals surface area contributed by atoms with Crippen LogP contribution in [0.4, 0.5) is 0 Å². The minimum Gasteiger partial charge on any atom is -0.330 e. The zero-order chi connectivity index (χ0) is 11.1. The Morgan fingerprint density at radius 2 is 2.07 bits per heavy atom. The predicted octanol–water partition coefficient (Wildman–Crippen LogP) is 2.95. The van der Waals surface area contributed by atoms with Crippen LogP contribution in [-0.2, 0) is 6.42 Å². The minimum atomic E-state index is 0.404. The van der Waals surface area contributed by atoms with E-state index in [9.17, 15) is 0 Å². The van der Waals surface area contributed by atoms with E-state index >= 15 is 0 Å². The van der Waals surface area contributed by atoms with Gasteiger partial charge in [0.25, 0.3) is 0 Å². The number of benzene rings is 1. The molecule has 1 nitrogen and oxygen atoms in total. The molecule has 0 unspecified atom stereocenters. The van der Waals surface area contributed by atoms with Crippen molar-refractivity contribution in [2.45, 2.75) is 33.1 Å². The molecule has 1 fully saturated rings. The molecule has 82 valence electrons. The zero-order valence-electron chi connectivity index (χ0n) is 9.96. The SMILES string of the molecule is CCc1cccc([C@H]2[C@H](CN)C2(C)C)c1. The highest BCUT2D eigenvalue weighted by Crippen LogP contribution is 2.63. The van der Waals surface area contributed by atoms with Crippen LogP contribution in [0.5, 0.6) is 0 Å². The molecule has 2 rings (SSSR count). The molecule has 1 aliphatic carbocycles. The van der Waals surface area contributed by atoms with Crippen molar-refractivity contribution in [1.82, 2.24) is 0 Å². The summed E-state index contributed by atoms with van der Waals surface area (Å²) < 4.78 is 0. The third-order valence-corrected chi connectivity index (χ3v) is 4.02. The summed E-state index contributed by atoms with van der Waals surface area (Å²) in [5.41, 5.74) is 9.13. The van der Waals surface area contributed by atoms with Gasteiger partial charge in [-0.1, -0.05) is 45.0 Å². The van der Waals surface area contributed by atoms with Crippen LogP contribution in [0.1, 0.15) is 37.8 Å². The van der Waals surface area contributed by atoms with E-state index < -0.39 is 0 Å². The molecule has 0 aliphatic heterocycles. The summed E-state index contributed by atoms with van der Waals surface area (Å²) in [5, 5.41) is 0. The van der Waals surface area contributed by atoms with Gasteiger partial charge in [-0.25, -0.2) is 0 Å². The molecule has 0 radical (unpaired) electrons. The average molecular weight is 203 g/mol. The Labute approximate surface area is 92.7 Å². The lowest BCUT2D eigenvalue weighted by molar-refractivity contribution is 0.558. The Kier molecular flexibility index (Phi) is 2.59. The van der Waals surface area contributed by atoms with E-state index in [1.54, 1.807) is 0 Å². The van der Waals surface area contributed by atoms with Crippen LogP contribution in [-0.4, -0.2) is 6.54 Å². The van der Waals surface area contributed by atoms with E-state index in [-0.39, 0.29) is 0 Å². The second-order valence-corrected chi connectivity index (χ2v) is 5.24. The smallest absolute Gasteiger partial charge is 0.00375 e. The van der Waals surface area contributed by atoms with Gasteiger partial charge < -0.3 is 5.73 Å². The Morgan fingerprint density at radius 3 is 2.60 bits per heavy atom. The van der Waals surface area contributed by atoms with Gasteiger partial charge in [0, 0.05) is 0 Å². The lowest BCUT2D eigenvalue weighted by Crippen LogP contribution is -2.05. The lowest BCUT2D eigenvalue weighted by atomic mass is 10.0. The molecular formula is C14H21N. The second kappa shape index (κ2) is 3.64. The highest BCUT2D eigenvalue weighted by atomic mass is 14.7. The first-order chi connectivity index (χ1) is 7.11. The second-order valence-electron chi connectivity index (χ2n) is 5.24. The quantitative estimate of drug-likeness (QED) is 0.803. The highest BCUT2D eigenvalue weighted by molar-refractivity contribution is 5.34. The number of hydrogen-bond donors (Lipinski definition) is 1. The molecule has 1 saturated carbocycles. The zero-order valence-corrected chi connectivity index (χ0v) is 9.96. The van der Waals surface area contributed by atoms with Gasteiger partial charge in [0.1, 0.15) is 0 Å². The summed E-state index contributed by atoms with van der Waals surface area (Å²) in [4.78, 5) is 0. The fourth-order valence-electron chi connectivity index (χ4n) is 2.85. The van der Waals surface area contributed by atoms with E-state index in [0.717, 1.165) is 13.0 Å². The van der Waals surface area contributed by atoms with Crippen LogP contribution in [0, 0.1) is 11.3 Å². The highest BCUT2D eigenvalue weighted by Gasteiger charge is 2.57. The maximum atomic E-state index is 5.81. The molecule has 0 aromatic heterocycles. The van der Waals surface area contributed by atoms with E-state index in [2.05, 4.69) is 45.0 Å². The topological polar surface area (TPSA) is 26.0 Å². The molecule has 0 spiro atoms. The van der Waals surface area contributed by atoms with E-state index in [0.29, 0.717) is 17.3 Å². The Bertz CT molecular complexity index is 354. The maximum Gasteiger partial charge on any atom is -0.00375 e. The van der Waals surface area contributed by atoms with Crippen molar-refractivity contribution in [2.24, 2.45) is 17.1 Å². The molecule has 1 aromatic rings. The van der Waals surface area contributed by atoms with Crippen LogP contribution in [0.3, 0.4) is 0 Å². The number of nitrogens with two attached hydrogens (primary N) is 1. The monoisotopic (exact) mass is 203 g/mol. The molecule has 0 heterocycles. The summed E-state index contributed by atoms with van der Waals surface area (Å²) >= 11 is 0. The van der Waals surface area contributed by atoms with Gasteiger partial charge >= 0.3 is 0 Å². The van der Waals surface area contributed by atoms with Crippen molar-refractivity contribution >= 4 is 0 Å². The maximum absolute atomic E-state index is 5.81. The Hall–Kier alpha value is -0.820. The van der Waals surface area contributed by atoms with Gasteiger partial charge in [0.05, 0.1) is 0 Å². The molecule has 0 amide bonds. The van der Waals surface area contributed by atoms with Gasteiger partial charge in [-0.15, -0.1) is 0 Å². The van der Waals surface area contributed by atoms with Gasteiger partial charge in [-0.3, -0.25) is 0 Å². The number of aryl methyl sites for hydroxylation is 1. The Morgan fingerprint density at radius 1 is 1.33 bits per heavy atom. The summed E-state index contributed by atoms with van der Waals surface area (Å²) in [7, 11) is 0. The normalized spacial score (nSPS) is 27.7. The molecule has 2 N–H and O–H groups in total. The molecule has 1 aromatic carbocycles. The van der Waals surface area contributed by atoms with Crippen molar-refractivity contribution in [3.63, 3.8) is 0 Å². The van der Waals surface area contributed by atoms with Crippen molar-refractivity contribution in [2.75, 3.05) is 6.54 Å². The standard InChI is InChI=1S/C14H21N/c1-4-10-6-5-7-11(8-10)13-12(9-15)14(13,2)3/h5-8,12-13H,4,9,15H2,1-3H3/t12-,13-/m0/s1. The van der Waals surface area contributed by atoms with Crippen LogP contribution in [0.15, 0.2) is 24.3 Å². The summed E-state index contributed by atoms with van der Waals surface area (Å²) in [5.74, 6) is 1.35. The molecular weight excluding hydrogens is 182 g/mol. The summed E-state index contributed by atoms with van der Waals surface area (Å²) in [6.45, 7) is 7.67. The van der Waals surface area contributed by atoms with Crippen molar-refractivity contribution in [3.8, 4) is 0 Å². The van der Waals surface area contributed by atoms with E-state index in [1.165, 1.54) is 11.1 Å². The third-order valence-electron chi connectivity index (χ3n) is 4.02. The van der Waals surface area contributed by atoms with Crippen molar-refractivity contribution < 1.29 is 0 Å². The molecule has 1 aliphatic rings. The number of hydrogen-bond acceptors (Lipinski definition) is 1. The molecule has 0 saturated heterocycles.